The standard InChI is InChI=1S/C15H27NO5S/c1-20-9-8-16(13-7-10-22(18,19)12-13)15(17)11-21-14-5-3-2-4-6-14/h13-14H,2-12H2,1H3/t13-/m0/s1. The van der Waals surface area contributed by atoms with Crippen LogP contribution in [0, 0.1) is 0 Å². The molecule has 1 heterocycles. The van der Waals surface area contributed by atoms with Gasteiger partial charge in [-0.05, 0) is 19.3 Å². The molecule has 1 atom stereocenters. The van der Waals surface area contributed by atoms with Crippen molar-refractivity contribution in [2.24, 2.45) is 0 Å². The Morgan fingerprint density at radius 3 is 2.50 bits per heavy atom. The molecule has 1 aliphatic carbocycles. The molecule has 2 aliphatic rings. The van der Waals surface area contributed by atoms with Gasteiger partial charge in [0.05, 0.1) is 24.2 Å². The summed E-state index contributed by atoms with van der Waals surface area (Å²) in [6, 6.07) is -0.234. The number of ether oxygens (including phenoxy) is 2. The SMILES string of the molecule is COCCN(C(=O)COC1CCCCC1)[C@H]1CCS(=O)(=O)C1. The first kappa shape index (κ1) is 17.7. The van der Waals surface area contributed by atoms with E-state index in [0.717, 1.165) is 25.7 Å². The molecule has 1 saturated heterocycles. The number of methoxy groups -OCH3 is 1. The van der Waals surface area contributed by atoms with Gasteiger partial charge in [-0.25, -0.2) is 8.42 Å². The van der Waals surface area contributed by atoms with E-state index in [1.165, 1.54) is 6.42 Å². The Balaban J connectivity index is 1.88. The lowest BCUT2D eigenvalue weighted by Crippen LogP contribution is -2.45. The van der Waals surface area contributed by atoms with Crippen LogP contribution >= 0.6 is 0 Å². The molecule has 0 N–H and O–H groups in total. The molecule has 2 rings (SSSR count). The zero-order valence-corrected chi connectivity index (χ0v) is 14.1. The van der Waals surface area contributed by atoms with Gasteiger partial charge in [-0.1, -0.05) is 19.3 Å². The summed E-state index contributed by atoms with van der Waals surface area (Å²) < 4.78 is 34.1. The summed E-state index contributed by atoms with van der Waals surface area (Å²) in [6.45, 7) is 0.875. The summed E-state index contributed by atoms with van der Waals surface area (Å²) in [5, 5.41) is 0. The largest absolute Gasteiger partial charge is 0.383 e. The average Bonchev–Trinajstić information content (AvgIpc) is 2.86. The Morgan fingerprint density at radius 2 is 1.91 bits per heavy atom. The fourth-order valence-corrected chi connectivity index (χ4v) is 4.96. The molecule has 0 spiro atoms. The molecular weight excluding hydrogens is 306 g/mol. The van der Waals surface area contributed by atoms with E-state index in [-0.39, 0.29) is 36.2 Å². The molecular formula is C15H27NO5S. The first-order valence-electron chi connectivity index (χ1n) is 8.12. The summed E-state index contributed by atoms with van der Waals surface area (Å²) in [4.78, 5) is 14.1. The van der Waals surface area contributed by atoms with Crippen molar-refractivity contribution in [1.82, 2.24) is 4.90 Å². The highest BCUT2D eigenvalue weighted by Crippen LogP contribution is 2.21. The number of nitrogens with zero attached hydrogens (tertiary/aromatic N) is 1. The molecule has 1 aliphatic heterocycles. The minimum atomic E-state index is -3.01. The maximum Gasteiger partial charge on any atom is 0.248 e. The van der Waals surface area contributed by atoms with Crippen LogP contribution in [0.2, 0.25) is 0 Å². The lowest BCUT2D eigenvalue weighted by Gasteiger charge is -2.29. The second-order valence-electron chi connectivity index (χ2n) is 6.21. The number of hydrogen-bond acceptors (Lipinski definition) is 5. The first-order chi connectivity index (χ1) is 10.5. The Labute approximate surface area is 133 Å². The van der Waals surface area contributed by atoms with Crippen molar-refractivity contribution in [2.75, 3.05) is 38.4 Å². The van der Waals surface area contributed by atoms with Crippen molar-refractivity contribution < 1.29 is 22.7 Å². The Kier molecular flexibility index (Phi) is 6.65. The van der Waals surface area contributed by atoms with Crippen LogP contribution < -0.4 is 0 Å². The predicted octanol–water partition coefficient (Wildman–Crippen LogP) is 0.998. The van der Waals surface area contributed by atoms with Crippen molar-refractivity contribution in [1.29, 1.82) is 0 Å². The van der Waals surface area contributed by atoms with Crippen LogP contribution in [0.4, 0.5) is 0 Å². The highest BCUT2D eigenvalue weighted by atomic mass is 32.2. The average molecular weight is 333 g/mol. The fraction of sp³-hybridized carbons (Fsp3) is 0.933. The van der Waals surface area contributed by atoms with Crippen LogP contribution in [0.5, 0.6) is 0 Å². The van der Waals surface area contributed by atoms with Crippen molar-refractivity contribution in [3.63, 3.8) is 0 Å². The lowest BCUT2D eigenvalue weighted by molar-refractivity contribution is -0.141. The zero-order chi connectivity index (χ0) is 16.0. The summed E-state index contributed by atoms with van der Waals surface area (Å²) in [5.74, 6) is 0.105. The molecule has 128 valence electrons. The number of rotatable bonds is 7. The van der Waals surface area contributed by atoms with Crippen LogP contribution in [-0.2, 0) is 24.1 Å². The summed E-state index contributed by atoms with van der Waals surface area (Å²) >= 11 is 0. The van der Waals surface area contributed by atoms with Gasteiger partial charge >= 0.3 is 0 Å². The normalized spacial score (nSPS) is 25.2. The van der Waals surface area contributed by atoms with E-state index in [2.05, 4.69) is 0 Å². The maximum absolute atomic E-state index is 12.4. The molecule has 0 unspecified atom stereocenters. The highest BCUT2D eigenvalue weighted by molar-refractivity contribution is 7.91. The topological polar surface area (TPSA) is 72.9 Å². The Hall–Kier alpha value is -0.660. The van der Waals surface area contributed by atoms with Gasteiger partial charge in [0.2, 0.25) is 5.91 Å². The van der Waals surface area contributed by atoms with Crippen molar-refractivity contribution in [2.45, 2.75) is 50.7 Å². The van der Waals surface area contributed by atoms with E-state index in [4.69, 9.17) is 9.47 Å². The number of amides is 1. The van der Waals surface area contributed by atoms with Crippen molar-refractivity contribution >= 4 is 15.7 Å². The van der Waals surface area contributed by atoms with Crippen LogP contribution in [-0.4, -0.2) is 69.7 Å². The van der Waals surface area contributed by atoms with E-state index < -0.39 is 9.84 Å². The molecule has 1 amide bonds. The summed E-state index contributed by atoms with van der Waals surface area (Å²) in [5.41, 5.74) is 0. The van der Waals surface area contributed by atoms with E-state index in [1.54, 1.807) is 12.0 Å². The molecule has 6 nitrogen and oxygen atoms in total. The van der Waals surface area contributed by atoms with Crippen molar-refractivity contribution in [3.05, 3.63) is 0 Å². The molecule has 2 fully saturated rings. The molecule has 0 aromatic carbocycles. The first-order valence-corrected chi connectivity index (χ1v) is 9.94. The summed E-state index contributed by atoms with van der Waals surface area (Å²) in [7, 11) is -1.43. The second kappa shape index (κ2) is 8.26. The molecule has 0 bridgehead atoms. The molecule has 0 aromatic rings. The third kappa shape index (κ3) is 5.21. The molecule has 0 aromatic heterocycles. The Bertz CT molecular complexity index is 459. The van der Waals surface area contributed by atoms with Gasteiger partial charge in [-0.2, -0.15) is 0 Å². The molecule has 1 saturated carbocycles. The van der Waals surface area contributed by atoms with Gasteiger partial charge in [-0.3, -0.25) is 4.79 Å². The fourth-order valence-electron chi connectivity index (χ4n) is 3.23. The Morgan fingerprint density at radius 1 is 1.18 bits per heavy atom. The summed E-state index contributed by atoms with van der Waals surface area (Å²) in [6.07, 6.45) is 6.29. The maximum atomic E-state index is 12.4. The van der Waals surface area contributed by atoms with Crippen molar-refractivity contribution in [3.8, 4) is 0 Å². The smallest absolute Gasteiger partial charge is 0.248 e. The van der Waals surface area contributed by atoms with Gasteiger partial charge in [0.1, 0.15) is 6.61 Å². The minimum Gasteiger partial charge on any atom is -0.383 e. The number of carbonyl (C=O) groups is 1. The van der Waals surface area contributed by atoms with Gasteiger partial charge < -0.3 is 14.4 Å². The zero-order valence-electron chi connectivity index (χ0n) is 13.3. The predicted molar refractivity (Wildman–Crippen MR) is 83.5 cm³/mol. The van der Waals surface area contributed by atoms with E-state index in [9.17, 15) is 13.2 Å². The third-order valence-electron chi connectivity index (χ3n) is 4.50. The molecule has 0 radical (unpaired) electrons. The number of sulfone groups is 1. The van der Waals surface area contributed by atoms with Gasteiger partial charge in [0.15, 0.2) is 9.84 Å². The van der Waals surface area contributed by atoms with Gasteiger partial charge in [0.25, 0.3) is 0 Å². The van der Waals surface area contributed by atoms with E-state index in [0.29, 0.717) is 19.6 Å². The van der Waals surface area contributed by atoms with Gasteiger partial charge in [0, 0.05) is 19.7 Å². The quantitative estimate of drug-likeness (QED) is 0.695. The van der Waals surface area contributed by atoms with Gasteiger partial charge in [-0.15, -0.1) is 0 Å². The lowest BCUT2D eigenvalue weighted by atomic mass is 9.98. The van der Waals surface area contributed by atoms with Crippen LogP contribution in [0.25, 0.3) is 0 Å². The van der Waals surface area contributed by atoms with Crippen LogP contribution in [0.1, 0.15) is 38.5 Å². The minimum absolute atomic E-state index is 0.0466. The second-order valence-corrected chi connectivity index (χ2v) is 8.44. The molecule has 22 heavy (non-hydrogen) atoms. The number of hydrogen-bond donors (Lipinski definition) is 0. The number of carbonyl (C=O) groups excluding carboxylic acids is 1. The molecule has 7 heteroatoms. The highest BCUT2D eigenvalue weighted by Gasteiger charge is 2.34. The van der Waals surface area contributed by atoms with Crippen LogP contribution in [0.15, 0.2) is 0 Å². The monoisotopic (exact) mass is 333 g/mol. The van der Waals surface area contributed by atoms with E-state index in [1.807, 2.05) is 0 Å². The van der Waals surface area contributed by atoms with E-state index >= 15 is 0 Å². The third-order valence-corrected chi connectivity index (χ3v) is 6.25. The van der Waals surface area contributed by atoms with Crippen LogP contribution in [0.3, 0.4) is 0 Å².